The van der Waals surface area contributed by atoms with Crippen LogP contribution in [0.5, 0.6) is 0 Å². The van der Waals surface area contributed by atoms with Gasteiger partial charge in [0.15, 0.2) is 0 Å². The van der Waals surface area contributed by atoms with Crippen LogP contribution in [0, 0.1) is 0 Å². The van der Waals surface area contributed by atoms with E-state index < -0.39 is 49.1 Å². The molecule has 2 amide bonds. The molecule has 12 heteroatoms. The second kappa shape index (κ2) is 9.65. The second-order valence-electron chi connectivity index (χ2n) is 7.55. The summed E-state index contributed by atoms with van der Waals surface area (Å²) < 4.78 is 71.4. The average Bonchev–Trinajstić information content (AvgIpc) is 3.08. The van der Waals surface area contributed by atoms with Crippen LogP contribution in [-0.2, 0) is 14.3 Å². The molecule has 3 N–H and O–H groups in total. The van der Waals surface area contributed by atoms with Crippen molar-refractivity contribution in [2.24, 2.45) is 0 Å². The first-order valence-electron chi connectivity index (χ1n) is 9.96. The van der Waals surface area contributed by atoms with Crippen LogP contribution in [0.15, 0.2) is 48.5 Å². The first-order chi connectivity index (χ1) is 15.9. The number of carbonyl (C=O) groups is 3. The molecule has 3 rings (SSSR count). The van der Waals surface area contributed by atoms with Gasteiger partial charge < -0.3 is 20.5 Å². The number of nitrogens with one attached hydrogen (secondary N) is 2. The Kier molecular flexibility index (Phi) is 7.08. The smallest absolute Gasteiger partial charge is 0.409 e. The third-order valence-corrected chi connectivity index (χ3v) is 5.21. The first-order valence-corrected chi connectivity index (χ1v) is 9.96. The number of aliphatic carboxylic acids is 1. The minimum atomic E-state index is -5.26. The lowest BCUT2D eigenvalue weighted by Gasteiger charge is -2.23. The molecule has 0 radical (unpaired) electrons. The Labute approximate surface area is 189 Å². The molecular weight excluding hydrogens is 467 g/mol. The lowest BCUT2D eigenvalue weighted by atomic mass is 9.98. The summed E-state index contributed by atoms with van der Waals surface area (Å²) >= 11 is 0. The maximum atomic E-state index is 14.0. The number of alkyl halides is 5. The molecule has 0 saturated carbocycles. The van der Waals surface area contributed by atoms with E-state index in [9.17, 15) is 36.3 Å². The van der Waals surface area contributed by atoms with Crippen molar-refractivity contribution in [1.82, 2.24) is 10.6 Å². The molecule has 0 heterocycles. The highest BCUT2D eigenvalue weighted by molar-refractivity contribution is 5.85. The molecule has 1 unspecified atom stereocenters. The molecule has 2 aromatic rings. The van der Waals surface area contributed by atoms with Crippen LogP contribution in [0.2, 0.25) is 0 Å². The van der Waals surface area contributed by atoms with Crippen molar-refractivity contribution in [2.75, 3.05) is 13.2 Å². The summed E-state index contributed by atoms with van der Waals surface area (Å²) in [5.41, 5.74) is 3.63. The summed E-state index contributed by atoms with van der Waals surface area (Å²) in [7, 11) is 0. The molecule has 34 heavy (non-hydrogen) atoms. The predicted octanol–water partition coefficient (Wildman–Crippen LogP) is 3.68. The number of benzene rings is 2. The molecule has 0 bridgehead atoms. The molecule has 0 fully saturated rings. The van der Waals surface area contributed by atoms with Gasteiger partial charge in [-0.05, 0) is 22.3 Å². The molecule has 2 aromatic carbocycles. The predicted molar refractivity (Wildman–Crippen MR) is 108 cm³/mol. The number of halogens is 5. The summed E-state index contributed by atoms with van der Waals surface area (Å²) in [5, 5.41) is 11.1. The number of hydrogen-bond donors (Lipinski definition) is 3. The molecule has 0 saturated heterocycles. The molecule has 0 spiro atoms. The number of carboxylic acid groups (broad SMARTS) is 1. The number of fused-ring (bicyclic) bond motifs is 3. The van der Waals surface area contributed by atoms with E-state index in [-0.39, 0.29) is 12.5 Å². The van der Waals surface area contributed by atoms with Crippen LogP contribution < -0.4 is 10.6 Å². The fourth-order valence-electron chi connectivity index (χ4n) is 3.60. The van der Waals surface area contributed by atoms with Gasteiger partial charge in [0.2, 0.25) is 0 Å². The Bertz CT molecular complexity index is 1040. The van der Waals surface area contributed by atoms with E-state index in [0.717, 1.165) is 27.6 Å². The monoisotopic (exact) mass is 486 g/mol. The van der Waals surface area contributed by atoms with Crippen molar-refractivity contribution >= 4 is 18.0 Å². The van der Waals surface area contributed by atoms with E-state index in [1.54, 1.807) is 17.4 Å². The van der Waals surface area contributed by atoms with Gasteiger partial charge in [-0.15, -0.1) is 0 Å². The number of ether oxygens (including phenoxy) is 1. The molecule has 0 aliphatic heterocycles. The van der Waals surface area contributed by atoms with Gasteiger partial charge in [0.05, 0.1) is 13.0 Å². The fourth-order valence-corrected chi connectivity index (χ4v) is 3.60. The van der Waals surface area contributed by atoms with E-state index in [2.05, 4.69) is 0 Å². The molecule has 182 valence electrons. The van der Waals surface area contributed by atoms with Crippen molar-refractivity contribution < 1.29 is 46.2 Å². The minimum absolute atomic E-state index is 0.202. The zero-order valence-corrected chi connectivity index (χ0v) is 17.4. The highest BCUT2D eigenvalue weighted by atomic mass is 19.4. The zero-order chi connectivity index (χ0) is 25.1. The lowest BCUT2D eigenvalue weighted by molar-refractivity contribution is -0.176. The Hall–Kier alpha value is -3.70. The molecule has 1 aliphatic carbocycles. The van der Waals surface area contributed by atoms with E-state index in [1.807, 2.05) is 36.4 Å². The molecule has 7 nitrogen and oxygen atoms in total. The van der Waals surface area contributed by atoms with E-state index >= 15 is 0 Å². The molecule has 0 aromatic heterocycles. The third kappa shape index (κ3) is 5.61. The van der Waals surface area contributed by atoms with Crippen LogP contribution in [0.3, 0.4) is 0 Å². The van der Waals surface area contributed by atoms with E-state index in [0.29, 0.717) is 0 Å². The Morgan fingerprint density at radius 3 is 1.97 bits per heavy atom. The SMILES string of the molecule is O=C(O)CC(NC(=O)C(F)(F)CNC(=O)OCC1c2ccccc2-c2ccccc21)C(F)(F)F. The van der Waals surface area contributed by atoms with Crippen LogP contribution >= 0.6 is 0 Å². The largest absolute Gasteiger partial charge is 0.481 e. The number of carboxylic acids is 1. The van der Waals surface area contributed by atoms with Gasteiger partial charge in [-0.2, -0.15) is 22.0 Å². The van der Waals surface area contributed by atoms with Gasteiger partial charge in [0.25, 0.3) is 5.91 Å². The second-order valence-corrected chi connectivity index (χ2v) is 7.55. The highest BCUT2D eigenvalue weighted by Gasteiger charge is 2.47. The van der Waals surface area contributed by atoms with Gasteiger partial charge in [-0.3, -0.25) is 9.59 Å². The maximum Gasteiger partial charge on any atom is 0.409 e. The van der Waals surface area contributed by atoms with Crippen LogP contribution in [0.4, 0.5) is 26.7 Å². The number of rotatable bonds is 8. The lowest BCUT2D eigenvalue weighted by Crippen LogP contribution is -2.55. The van der Waals surface area contributed by atoms with Crippen LogP contribution in [0.25, 0.3) is 11.1 Å². The minimum Gasteiger partial charge on any atom is -0.481 e. The number of amides is 2. The number of carbonyl (C=O) groups excluding carboxylic acids is 2. The third-order valence-electron chi connectivity index (χ3n) is 5.21. The van der Waals surface area contributed by atoms with Crippen molar-refractivity contribution in [3.05, 3.63) is 59.7 Å². The van der Waals surface area contributed by atoms with Gasteiger partial charge in [0, 0.05) is 5.92 Å². The van der Waals surface area contributed by atoms with Crippen molar-refractivity contribution in [3.63, 3.8) is 0 Å². The molecular formula is C22H19F5N2O5. The van der Waals surface area contributed by atoms with Crippen LogP contribution in [-0.4, -0.2) is 54.4 Å². The summed E-state index contributed by atoms with van der Waals surface area (Å²) in [6.45, 7) is -1.85. The quantitative estimate of drug-likeness (QED) is 0.494. The Morgan fingerprint density at radius 1 is 0.941 bits per heavy atom. The number of hydrogen-bond acceptors (Lipinski definition) is 4. The van der Waals surface area contributed by atoms with Gasteiger partial charge in [0.1, 0.15) is 12.6 Å². The van der Waals surface area contributed by atoms with Crippen molar-refractivity contribution in [3.8, 4) is 11.1 Å². The summed E-state index contributed by atoms with van der Waals surface area (Å²) in [6, 6.07) is 11.7. The van der Waals surface area contributed by atoms with E-state index in [4.69, 9.17) is 9.84 Å². The van der Waals surface area contributed by atoms with Crippen LogP contribution in [0.1, 0.15) is 23.5 Å². The summed E-state index contributed by atoms with van der Waals surface area (Å²) in [6.07, 6.45) is -8.19. The van der Waals surface area contributed by atoms with E-state index in [1.165, 1.54) is 0 Å². The Balaban J connectivity index is 1.57. The van der Waals surface area contributed by atoms with Gasteiger partial charge in [-0.1, -0.05) is 48.5 Å². The average molecular weight is 486 g/mol. The molecule has 1 aliphatic rings. The van der Waals surface area contributed by atoms with Gasteiger partial charge in [-0.25, -0.2) is 4.79 Å². The van der Waals surface area contributed by atoms with Crippen molar-refractivity contribution in [1.29, 1.82) is 0 Å². The first kappa shape index (κ1) is 24.9. The molecule has 1 atom stereocenters. The van der Waals surface area contributed by atoms with Crippen molar-refractivity contribution in [2.45, 2.75) is 30.5 Å². The summed E-state index contributed by atoms with van der Waals surface area (Å²) in [5.74, 6) is -9.13. The summed E-state index contributed by atoms with van der Waals surface area (Å²) in [4.78, 5) is 34.1. The topological polar surface area (TPSA) is 105 Å². The highest BCUT2D eigenvalue weighted by Crippen LogP contribution is 2.44. The normalized spacial score (nSPS) is 14.0. The zero-order valence-electron chi connectivity index (χ0n) is 17.4. The Morgan fingerprint density at radius 2 is 1.47 bits per heavy atom. The fraction of sp³-hybridized carbons (Fsp3) is 0.318. The standard InChI is InChI=1S/C22H19F5N2O5/c23-21(24,19(32)29-17(9-18(30)31)22(25,26)27)11-28-20(33)34-10-16-14-7-3-1-5-12(14)13-6-2-4-8-15(13)16/h1-8,16-17H,9-11H2,(H,28,33)(H,29,32)(H,30,31). The number of alkyl carbamates (subject to hydrolysis) is 1. The van der Waals surface area contributed by atoms with Gasteiger partial charge >= 0.3 is 24.2 Å². The maximum absolute atomic E-state index is 14.0.